The van der Waals surface area contributed by atoms with Crippen LogP contribution in [0.15, 0.2) is 59.6 Å². The van der Waals surface area contributed by atoms with E-state index in [0.717, 1.165) is 6.92 Å². The summed E-state index contributed by atoms with van der Waals surface area (Å²) in [5, 5.41) is 85.5. The van der Waals surface area contributed by atoms with Crippen LogP contribution < -0.4 is 70.8 Å². The largest absolute Gasteiger partial charge is 0.508 e. The van der Waals surface area contributed by atoms with Gasteiger partial charge in [0.25, 0.3) is 5.91 Å². The lowest BCUT2D eigenvalue weighted by molar-refractivity contribution is -0.163. The summed E-state index contributed by atoms with van der Waals surface area (Å²) in [6.45, 7) is 14.2. The van der Waals surface area contributed by atoms with E-state index in [-0.39, 0.29) is 86.0 Å². The van der Waals surface area contributed by atoms with Gasteiger partial charge in [0.2, 0.25) is 64.8 Å². The number of carboxylic acids is 1. The van der Waals surface area contributed by atoms with Gasteiger partial charge in [0.1, 0.15) is 61.2 Å². The van der Waals surface area contributed by atoms with E-state index < -0.39 is 187 Å². The fourth-order valence-electron chi connectivity index (χ4n) is 10.2. The van der Waals surface area contributed by atoms with Crippen molar-refractivity contribution in [1.82, 2.24) is 52.8 Å². The van der Waals surface area contributed by atoms with Crippen LogP contribution in [0.3, 0.4) is 0 Å². The highest BCUT2D eigenvalue weighted by atomic mass is 16.5. The molecule has 2 rings (SSSR count). The molecule has 0 spiro atoms. The van der Waals surface area contributed by atoms with Crippen LogP contribution >= 0.6 is 0 Å². The molecule has 0 heterocycles. The molecule has 11 amide bonds. The summed E-state index contributed by atoms with van der Waals surface area (Å²) in [6.07, 6.45) is -4.89. The zero-order valence-corrected chi connectivity index (χ0v) is 59.7. The van der Waals surface area contributed by atoms with Crippen molar-refractivity contribution < 1.29 is 97.7 Å². The number of phenolic OH excluding ortho intramolecular Hbond substituents is 1. The minimum Gasteiger partial charge on any atom is -0.508 e. The number of hydrogen-bond acceptors (Lipinski definition) is 21. The van der Waals surface area contributed by atoms with Crippen LogP contribution in [0.4, 0.5) is 0 Å². The van der Waals surface area contributed by atoms with Gasteiger partial charge in [0, 0.05) is 13.0 Å². The van der Waals surface area contributed by atoms with Crippen molar-refractivity contribution in [2.75, 3.05) is 26.2 Å². The van der Waals surface area contributed by atoms with E-state index in [0.29, 0.717) is 17.5 Å². The number of carbonyl (C=O) groups excluding carboxylic acids is 12. The second-order valence-corrected chi connectivity index (χ2v) is 26.8. The molecule has 0 aliphatic carbocycles. The lowest BCUT2D eigenvalue weighted by Crippen LogP contribution is -2.63. The first kappa shape index (κ1) is 88.5. The smallest absolute Gasteiger partial charge is 0.328 e. The quantitative estimate of drug-likeness (QED) is 0.00991. The molecule has 0 aromatic heterocycles. The molecular formula is C67H107N15O20. The zero-order valence-electron chi connectivity index (χ0n) is 59.7. The molecule has 35 nitrogen and oxygen atoms in total. The van der Waals surface area contributed by atoms with E-state index in [2.05, 4.69) is 47.5 Å². The second kappa shape index (κ2) is 43.3. The molecule has 0 radical (unpaired) electrons. The van der Waals surface area contributed by atoms with E-state index in [1.165, 1.54) is 18.2 Å². The highest BCUT2D eigenvalue weighted by Gasteiger charge is 2.44. The van der Waals surface area contributed by atoms with Gasteiger partial charge in [-0.25, -0.2) is 4.79 Å². The highest BCUT2D eigenvalue weighted by molar-refractivity contribution is 6.00. The Morgan fingerprint density at radius 3 is 1.64 bits per heavy atom. The monoisotopic (exact) mass is 1440 g/mol. The van der Waals surface area contributed by atoms with E-state index in [1.54, 1.807) is 83.3 Å². The predicted octanol–water partition coefficient (Wildman–Crippen LogP) is -3.89. The summed E-state index contributed by atoms with van der Waals surface area (Å²) in [6, 6.07) is -0.214. The van der Waals surface area contributed by atoms with Gasteiger partial charge in [-0.2, -0.15) is 0 Å². The molecule has 23 N–H and O–H groups in total. The number of benzene rings is 2. The molecule has 0 aliphatic rings. The third-order valence-corrected chi connectivity index (χ3v) is 16.0. The number of carbonyl (C=O) groups is 13. The minimum absolute atomic E-state index is 0.0211. The number of amides is 11. The van der Waals surface area contributed by atoms with Crippen molar-refractivity contribution in [2.24, 2.45) is 57.5 Å². The van der Waals surface area contributed by atoms with Crippen molar-refractivity contribution in [3.63, 3.8) is 0 Å². The number of aliphatic imine (C=N–C) groups is 1. The van der Waals surface area contributed by atoms with Gasteiger partial charge in [-0.3, -0.25) is 62.5 Å². The summed E-state index contributed by atoms with van der Waals surface area (Å²) in [7, 11) is 0. The maximum atomic E-state index is 14.6. The van der Waals surface area contributed by atoms with Crippen LogP contribution in [0.25, 0.3) is 0 Å². The highest BCUT2D eigenvalue weighted by Crippen LogP contribution is 2.19. The fraction of sp³-hybridized carbons (Fsp3) is 0.612. The molecule has 2 aromatic rings. The number of aliphatic hydroxyl groups is 4. The van der Waals surface area contributed by atoms with Gasteiger partial charge in [0.15, 0.2) is 12.0 Å². The topological polar surface area (TPSA) is 580 Å². The summed E-state index contributed by atoms with van der Waals surface area (Å²) in [4.78, 5) is 182. The first-order valence-corrected chi connectivity index (χ1v) is 33.7. The number of hydrogen-bond donors (Lipinski definition) is 19. The van der Waals surface area contributed by atoms with Gasteiger partial charge >= 0.3 is 11.9 Å². The summed E-state index contributed by atoms with van der Waals surface area (Å²) in [5.41, 5.74) is 20.2. The Morgan fingerprint density at radius 2 is 1.13 bits per heavy atom. The van der Waals surface area contributed by atoms with Gasteiger partial charge in [-0.15, -0.1) is 0 Å². The maximum Gasteiger partial charge on any atom is 0.328 e. The number of esters is 1. The Hall–Kier alpha value is -9.58. The predicted molar refractivity (Wildman–Crippen MR) is 370 cm³/mol. The van der Waals surface area contributed by atoms with Crippen LogP contribution in [-0.4, -0.2) is 217 Å². The lowest BCUT2D eigenvalue weighted by atomic mass is 9.96. The number of ether oxygens (including phenoxy) is 1. The van der Waals surface area contributed by atoms with Crippen molar-refractivity contribution in [3.8, 4) is 5.75 Å². The van der Waals surface area contributed by atoms with Gasteiger partial charge < -0.3 is 111 Å². The number of phenols is 1. The molecule has 0 fully saturated rings. The third-order valence-electron chi connectivity index (χ3n) is 16.0. The molecule has 35 heteroatoms. The Kier molecular flexibility index (Phi) is 37.6. The van der Waals surface area contributed by atoms with Crippen LogP contribution in [0, 0.1) is 29.6 Å². The molecular weight excluding hydrogens is 1330 g/mol. The van der Waals surface area contributed by atoms with Gasteiger partial charge in [-0.1, -0.05) is 118 Å². The summed E-state index contributed by atoms with van der Waals surface area (Å²) >= 11 is 0. The Bertz CT molecular complexity index is 3190. The van der Waals surface area contributed by atoms with Gasteiger partial charge in [-0.05, 0) is 91.9 Å². The van der Waals surface area contributed by atoms with Crippen molar-refractivity contribution in [3.05, 3.63) is 65.7 Å². The Morgan fingerprint density at radius 1 is 0.618 bits per heavy atom. The number of aliphatic hydroxyl groups excluding tert-OH is 3. The summed E-state index contributed by atoms with van der Waals surface area (Å²) in [5.74, 6) is -17.9. The van der Waals surface area contributed by atoms with Crippen LogP contribution in [-0.2, 0) is 80.1 Å². The van der Waals surface area contributed by atoms with Gasteiger partial charge in [0.05, 0.1) is 37.8 Å². The van der Waals surface area contributed by atoms with Crippen molar-refractivity contribution in [1.29, 1.82) is 0 Å². The van der Waals surface area contributed by atoms with E-state index in [1.807, 2.05) is 27.7 Å². The average molecular weight is 1440 g/mol. The molecule has 0 aliphatic heterocycles. The molecule has 570 valence electrons. The number of nitrogens with one attached hydrogen (secondary N) is 9. The number of nitrogens with zero attached hydrogens (tertiary/aromatic N) is 2. The molecule has 2 aromatic carbocycles. The standard InChI is InChI=1S/C67H107N15O20/c1-12-38(10)52(62(96)79-53(39(11)84)61(95)73-30-49(86)81-67(101,65(69)100)29-50(87)82(48(32-83)64(98)99)31-51(88)102-33-40-18-14-13-15-19-40)78-57(91)44(22-17-23-72-66(70)71)74-58(92)46(26-36(6)7)77-63(97)54(55(89)37(8)9)80-60(94)47(28-41-20-16-21-42(85)27-41)76-59(93)45(25-35(4)5)75-56(90)43(68)24-34(2)3/h13-16,18-21,27,34-39,43-48,52-55,83-85,89,101H,12,17,22-26,28-33,68H2,1-11H3,(H2,69,100)(H,73,95)(H,74,92)(H,75,90)(H,76,93)(H,77,97)(H,78,91)(H,79,96)(H,80,94)(H,81,86)(H,98,99)(H4,70,71,72)/t38-,39-,43+,44+,45-,46-,47-,48-,52-,53-,54-,55?,67+/m0/s1. The Balaban J connectivity index is 2.48. The number of carboxylic acid groups (broad SMARTS) is 1. The molecule has 102 heavy (non-hydrogen) atoms. The molecule has 0 bridgehead atoms. The molecule has 0 saturated heterocycles. The minimum atomic E-state index is -3.34. The molecule has 1 unspecified atom stereocenters. The number of nitrogens with two attached hydrogens (primary N) is 4. The van der Waals surface area contributed by atoms with E-state index in [4.69, 9.17) is 27.7 Å². The van der Waals surface area contributed by atoms with Crippen LogP contribution in [0.2, 0.25) is 0 Å². The maximum absolute atomic E-state index is 14.6. The molecule has 0 saturated carbocycles. The summed E-state index contributed by atoms with van der Waals surface area (Å²) < 4.78 is 5.12. The number of aromatic hydroxyl groups is 1. The number of rotatable bonds is 45. The third kappa shape index (κ3) is 30.7. The fourth-order valence-corrected chi connectivity index (χ4v) is 10.2. The normalized spacial score (nSPS) is 15.5. The average Bonchev–Trinajstić information content (AvgIpc) is 0.832. The first-order valence-electron chi connectivity index (χ1n) is 33.7. The van der Waals surface area contributed by atoms with Crippen LogP contribution in [0.5, 0.6) is 5.75 Å². The van der Waals surface area contributed by atoms with E-state index in [9.17, 15) is 93.0 Å². The lowest BCUT2D eigenvalue weighted by Gasteiger charge is -2.31. The molecule has 13 atom stereocenters. The SMILES string of the molecule is CC[C@H](C)[C@H](NC(=O)[C@@H](CCCN=C(N)N)NC(=O)[C@H](CC(C)C)NC(=O)[C@@H](NC(=O)[C@H](Cc1cccc(O)c1)NC(=O)[C@H](CC(C)C)NC(=O)[C@H](N)CC(C)C)C(O)C(C)C)C(=O)N[C@H](C(=O)NCC(=O)N[C@@](O)(CC(=O)N(CC(=O)OCc1ccccc1)[C@@H](CO)C(=O)O)C(N)=O)[C@H](C)O. The number of aliphatic carboxylic acids is 1. The van der Waals surface area contributed by atoms with Crippen LogP contribution in [0.1, 0.15) is 132 Å². The van der Waals surface area contributed by atoms with E-state index >= 15 is 0 Å². The zero-order chi connectivity index (χ0) is 77.5. The van der Waals surface area contributed by atoms with Crippen molar-refractivity contribution in [2.45, 2.75) is 206 Å². The second-order valence-electron chi connectivity index (χ2n) is 26.8. The van der Waals surface area contributed by atoms with Crippen molar-refractivity contribution >= 4 is 82.9 Å². The first-order chi connectivity index (χ1) is 47.6. The number of guanidine groups is 1. The Labute approximate surface area is 593 Å². The number of primary amides is 1.